The van der Waals surface area contributed by atoms with Gasteiger partial charge in [0.25, 0.3) is 5.56 Å². The van der Waals surface area contributed by atoms with Crippen molar-refractivity contribution >= 4 is 45.7 Å². The number of rotatable bonds is 2. The first kappa shape index (κ1) is 19.4. The molecule has 5 rings (SSSR count). The van der Waals surface area contributed by atoms with E-state index in [0.29, 0.717) is 33.5 Å². The maximum atomic E-state index is 13.1. The molecular weight excluding hydrogens is 429 g/mol. The zero-order valence-corrected chi connectivity index (χ0v) is 18.0. The van der Waals surface area contributed by atoms with Crippen LogP contribution in [0.5, 0.6) is 0 Å². The molecule has 2 aromatic carbocycles. The van der Waals surface area contributed by atoms with E-state index in [1.54, 1.807) is 12.1 Å². The number of piperidine rings is 1. The van der Waals surface area contributed by atoms with E-state index in [0.717, 1.165) is 43.2 Å². The summed E-state index contributed by atoms with van der Waals surface area (Å²) in [5.74, 6) is 1.13. The number of nitrogens with zero attached hydrogens (tertiary/aromatic N) is 3. The van der Waals surface area contributed by atoms with Gasteiger partial charge >= 0.3 is 0 Å². The van der Waals surface area contributed by atoms with Crippen molar-refractivity contribution in [2.24, 2.45) is 0 Å². The Morgan fingerprint density at radius 3 is 2.55 bits per heavy atom. The fourth-order valence-corrected chi connectivity index (χ4v) is 5.27. The van der Waals surface area contributed by atoms with Crippen molar-refractivity contribution in [3.63, 3.8) is 0 Å². The van der Waals surface area contributed by atoms with Crippen LogP contribution in [0.25, 0.3) is 10.9 Å². The van der Waals surface area contributed by atoms with Crippen LogP contribution in [0.15, 0.2) is 41.2 Å². The van der Waals surface area contributed by atoms with Gasteiger partial charge in [-0.1, -0.05) is 46.9 Å². The highest BCUT2D eigenvalue weighted by Gasteiger charge is 2.38. The lowest BCUT2D eigenvalue weighted by Gasteiger charge is -2.44. The van der Waals surface area contributed by atoms with Crippen LogP contribution in [-0.2, 0) is 13.1 Å². The topological polar surface area (TPSA) is 38.1 Å². The summed E-state index contributed by atoms with van der Waals surface area (Å²) in [4.78, 5) is 20.5. The van der Waals surface area contributed by atoms with Crippen LogP contribution in [0.4, 0.5) is 0 Å². The lowest BCUT2D eigenvalue weighted by molar-refractivity contribution is 0.0889. The van der Waals surface area contributed by atoms with Crippen LogP contribution in [0.2, 0.25) is 15.1 Å². The summed E-state index contributed by atoms with van der Waals surface area (Å²) in [6.07, 6.45) is 3.07. The van der Waals surface area contributed by atoms with Crippen LogP contribution in [-0.4, -0.2) is 27.0 Å². The van der Waals surface area contributed by atoms with Crippen LogP contribution in [0.3, 0.4) is 0 Å². The van der Waals surface area contributed by atoms with E-state index in [2.05, 4.69) is 17.0 Å². The van der Waals surface area contributed by atoms with Gasteiger partial charge in [0, 0.05) is 30.1 Å². The molecule has 2 atom stereocenters. The summed E-state index contributed by atoms with van der Waals surface area (Å²) in [5.41, 5.74) is 1.87. The van der Waals surface area contributed by atoms with E-state index < -0.39 is 0 Å². The molecule has 0 radical (unpaired) electrons. The van der Waals surface area contributed by atoms with E-state index in [1.165, 1.54) is 5.56 Å². The summed E-state index contributed by atoms with van der Waals surface area (Å²) >= 11 is 18.4. The Bertz CT molecular complexity index is 1140. The monoisotopic (exact) mass is 447 g/mol. The van der Waals surface area contributed by atoms with Gasteiger partial charge in [-0.05, 0) is 55.6 Å². The van der Waals surface area contributed by atoms with Crippen LogP contribution >= 0.6 is 34.8 Å². The third-order valence-corrected chi connectivity index (χ3v) is 7.17. The number of benzene rings is 2. The summed E-state index contributed by atoms with van der Waals surface area (Å²) < 4.78 is 1.85. The highest BCUT2D eigenvalue weighted by atomic mass is 35.5. The Kier molecular flexibility index (Phi) is 5.07. The Labute approximate surface area is 184 Å². The first-order valence-corrected chi connectivity index (χ1v) is 11.0. The van der Waals surface area contributed by atoms with Gasteiger partial charge in [-0.25, -0.2) is 4.98 Å². The summed E-state index contributed by atoms with van der Waals surface area (Å²) in [6.45, 7) is 2.62. The number of hydrogen-bond acceptors (Lipinski definition) is 3. The minimum atomic E-state index is -0.0168. The fourth-order valence-electron chi connectivity index (χ4n) is 4.83. The van der Waals surface area contributed by atoms with Crippen molar-refractivity contribution in [3.8, 4) is 0 Å². The Hall–Kier alpha value is -1.59. The van der Waals surface area contributed by atoms with Gasteiger partial charge in [0.2, 0.25) is 0 Å². The highest BCUT2D eigenvalue weighted by Crippen LogP contribution is 2.38. The summed E-state index contributed by atoms with van der Waals surface area (Å²) in [6, 6.07) is 11.8. The SMILES string of the molecule is O=c1c2cc(Cl)c(Cl)cc2nc2n1CC[C@@H]1[C@@H]2CCCN1Cc1ccc(Cl)cc1. The minimum Gasteiger partial charge on any atom is -0.296 e. The Morgan fingerprint density at radius 1 is 1.00 bits per heavy atom. The molecule has 2 aliphatic heterocycles. The first-order chi connectivity index (χ1) is 14.0. The lowest BCUT2D eigenvalue weighted by atomic mass is 9.83. The Balaban J connectivity index is 1.52. The van der Waals surface area contributed by atoms with Crippen molar-refractivity contribution in [2.75, 3.05) is 6.54 Å². The smallest absolute Gasteiger partial charge is 0.261 e. The molecule has 0 aliphatic carbocycles. The Morgan fingerprint density at radius 2 is 1.76 bits per heavy atom. The molecule has 0 spiro atoms. The second-order valence-electron chi connectivity index (χ2n) is 7.91. The zero-order valence-electron chi connectivity index (χ0n) is 15.7. The molecule has 4 nitrogen and oxygen atoms in total. The standard InChI is InChI=1S/C22H20Cl3N3O/c23-14-5-3-13(4-6-14)12-27-8-1-2-15-20(27)7-9-28-21(15)26-19-11-18(25)17(24)10-16(19)22(28)29/h3-6,10-11,15,20H,1-2,7-9,12H2/t15-,20+/m0/s1. The largest absolute Gasteiger partial charge is 0.296 e. The molecule has 0 bridgehead atoms. The quantitative estimate of drug-likeness (QED) is 0.519. The summed E-state index contributed by atoms with van der Waals surface area (Å²) in [5, 5.41) is 2.11. The van der Waals surface area contributed by atoms with Gasteiger partial charge in [0.05, 0.1) is 20.9 Å². The zero-order chi connectivity index (χ0) is 20.1. The average molecular weight is 449 g/mol. The molecule has 1 aromatic heterocycles. The molecule has 1 fully saturated rings. The van der Waals surface area contributed by atoms with Crippen molar-refractivity contribution in [3.05, 3.63) is 73.2 Å². The molecule has 3 aromatic rings. The van der Waals surface area contributed by atoms with Gasteiger partial charge in [-0.2, -0.15) is 0 Å². The predicted octanol–water partition coefficient (Wildman–Crippen LogP) is 5.51. The molecule has 29 heavy (non-hydrogen) atoms. The normalized spacial score (nSPS) is 21.8. The van der Waals surface area contributed by atoms with Crippen molar-refractivity contribution < 1.29 is 0 Å². The molecule has 3 heterocycles. The minimum absolute atomic E-state index is 0.0168. The summed E-state index contributed by atoms with van der Waals surface area (Å²) in [7, 11) is 0. The number of likely N-dealkylation sites (tertiary alicyclic amines) is 1. The fraction of sp³-hybridized carbons (Fsp3) is 0.364. The van der Waals surface area contributed by atoms with Crippen LogP contribution in [0.1, 0.15) is 36.6 Å². The number of fused-ring (bicyclic) bond motifs is 4. The molecule has 0 amide bonds. The van der Waals surface area contributed by atoms with Gasteiger partial charge in [0.15, 0.2) is 0 Å². The van der Waals surface area contributed by atoms with Crippen LogP contribution < -0.4 is 5.56 Å². The molecule has 7 heteroatoms. The van der Waals surface area contributed by atoms with E-state index in [-0.39, 0.29) is 11.5 Å². The number of aromatic nitrogens is 2. The molecule has 2 aliphatic rings. The van der Waals surface area contributed by atoms with Crippen LogP contribution in [0, 0.1) is 0 Å². The first-order valence-electron chi connectivity index (χ1n) is 9.89. The molecule has 150 valence electrons. The molecule has 1 saturated heterocycles. The molecular formula is C22H20Cl3N3O. The van der Waals surface area contributed by atoms with Crippen molar-refractivity contribution in [2.45, 2.75) is 44.3 Å². The van der Waals surface area contributed by atoms with Gasteiger partial charge in [0.1, 0.15) is 5.82 Å². The number of halogens is 3. The van der Waals surface area contributed by atoms with Gasteiger partial charge in [-0.15, -0.1) is 0 Å². The molecule has 0 unspecified atom stereocenters. The maximum Gasteiger partial charge on any atom is 0.261 e. The maximum absolute atomic E-state index is 13.1. The van der Waals surface area contributed by atoms with E-state index >= 15 is 0 Å². The average Bonchev–Trinajstić information content (AvgIpc) is 2.71. The third kappa shape index (κ3) is 3.46. The van der Waals surface area contributed by atoms with E-state index in [1.807, 2.05) is 16.7 Å². The predicted molar refractivity (Wildman–Crippen MR) is 118 cm³/mol. The third-order valence-electron chi connectivity index (χ3n) is 6.20. The van der Waals surface area contributed by atoms with E-state index in [9.17, 15) is 4.79 Å². The molecule has 0 saturated carbocycles. The lowest BCUT2D eigenvalue weighted by Crippen LogP contribution is -2.49. The molecule has 0 N–H and O–H groups in total. The van der Waals surface area contributed by atoms with Crippen molar-refractivity contribution in [1.82, 2.24) is 14.5 Å². The van der Waals surface area contributed by atoms with Gasteiger partial charge in [-0.3, -0.25) is 14.3 Å². The van der Waals surface area contributed by atoms with Gasteiger partial charge < -0.3 is 0 Å². The second-order valence-corrected chi connectivity index (χ2v) is 9.16. The van der Waals surface area contributed by atoms with Crippen molar-refractivity contribution in [1.29, 1.82) is 0 Å². The number of hydrogen-bond donors (Lipinski definition) is 0. The second kappa shape index (κ2) is 7.59. The van der Waals surface area contributed by atoms with E-state index in [4.69, 9.17) is 39.8 Å². The highest BCUT2D eigenvalue weighted by molar-refractivity contribution is 6.42.